The number of halogens is 3. The molecular weight excluding hydrogens is 499 g/mol. The van der Waals surface area contributed by atoms with Crippen molar-refractivity contribution in [3.63, 3.8) is 0 Å². The third-order valence-corrected chi connectivity index (χ3v) is 5.53. The summed E-state index contributed by atoms with van der Waals surface area (Å²) < 4.78 is 44.0. The first kappa shape index (κ1) is 26.4. The number of hydrogen-bond acceptors (Lipinski definition) is 5. The van der Waals surface area contributed by atoms with Gasteiger partial charge in [-0.2, -0.15) is 13.2 Å². The number of nitrogens with two attached hydrogens (primary N) is 1. The van der Waals surface area contributed by atoms with E-state index in [1.54, 1.807) is 23.5 Å². The zero-order chi connectivity index (χ0) is 27.4. The first-order valence-electron chi connectivity index (χ1n) is 11.4. The summed E-state index contributed by atoms with van der Waals surface area (Å²) in [6.07, 6.45) is -5.10. The van der Waals surface area contributed by atoms with Crippen molar-refractivity contribution in [1.82, 2.24) is 4.98 Å². The van der Waals surface area contributed by atoms with E-state index in [4.69, 9.17) is 10.5 Å². The van der Waals surface area contributed by atoms with Gasteiger partial charge in [-0.05, 0) is 71.6 Å². The van der Waals surface area contributed by atoms with Gasteiger partial charge in [-0.25, -0.2) is 9.78 Å². The van der Waals surface area contributed by atoms with E-state index in [-0.39, 0.29) is 28.4 Å². The summed E-state index contributed by atoms with van der Waals surface area (Å²) in [5.74, 6) is -2.88. The molecule has 0 atom stereocenters. The van der Waals surface area contributed by atoms with Crippen LogP contribution in [-0.4, -0.2) is 28.1 Å². The van der Waals surface area contributed by atoms with Crippen molar-refractivity contribution < 1.29 is 32.6 Å². The Balaban J connectivity index is 1.67. The highest BCUT2D eigenvalue weighted by Crippen LogP contribution is 2.32. The molecule has 7 nitrogen and oxygen atoms in total. The Morgan fingerprint density at radius 1 is 0.974 bits per heavy atom. The third kappa shape index (κ3) is 6.16. The Morgan fingerprint density at radius 2 is 1.74 bits per heavy atom. The number of carboxylic acids is 1. The molecule has 0 fully saturated rings. The highest BCUT2D eigenvalue weighted by atomic mass is 19.4. The number of ether oxygens (including phenoxy) is 1. The summed E-state index contributed by atoms with van der Waals surface area (Å²) in [7, 11) is 0. The molecule has 38 heavy (non-hydrogen) atoms. The van der Waals surface area contributed by atoms with E-state index in [9.17, 15) is 27.9 Å². The number of nitrogens with zero attached hydrogens (tertiary/aromatic N) is 1. The first-order chi connectivity index (χ1) is 18.0. The van der Waals surface area contributed by atoms with Crippen LogP contribution in [0.15, 0.2) is 78.9 Å². The van der Waals surface area contributed by atoms with E-state index >= 15 is 0 Å². The fourth-order valence-corrected chi connectivity index (χ4v) is 3.82. The summed E-state index contributed by atoms with van der Waals surface area (Å²) in [6.45, 7) is 2.31. The van der Waals surface area contributed by atoms with Gasteiger partial charge in [0.25, 0.3) is 0 Å². The average Bonchev–Trinajstić information content (AvgIpc) is 2.88. The quantitative estimate of drug-likeness (QED) is 0.268. The molecule has 0 bridgehead atoms. The highest BCUT2D eigenvalue weighted by molar-refractivity contribution is 5.99. The number of nitrogens with one attached hydrogen (secondary N) is 1. The van der Waals surface area contributed by atoms with Crippen LogP contribution in [-0.2, 0) is 11.3 Å². The number of hydrogen-bond donors (Lipinski definition) is 3. The van der Waals surface area contributed by atoms with Crippen LogP contribution in [0.2, 0.25) is 0 Å². The zero-order valence-electron chi connectivity index (χ0n) is 20.0. The SMILES string of the molecule is Cc1cc(Oc2cccc(-c3cc(NC(=O)C(F)(F)F)ccc3C(=O)O)n2)cc(-c2cccc(CN)c2)c1. The minimum absolute atomic E-state index is 0.00598. The molecule has 0 saturated heterocycles. The molecular formula is C28H22F3N3O4. The van der Waals surface area contributed by atoms with Crippen LogP contribution in [0.4, 0.5) is 18.9 Å². The predicted molar refractivity (Wildman–Crippen MR) is 136 cm³/mol. The number of amides is 1. The van der Waals surface area contributed by atoms with Gasteiger partial charge < -0.3 is 20.9 Å². The van der Waals surface area contributed by atoms with Gasteiger partial charge in [0.2, 0.25) is 5.88 Å². The average molecular weight is 521 g/mol. The second-order valence-corrected chi connectivity index (χ2v) is 8.42. The summed E-state index contributed by atoms with van der Waals surface area (Å²) in [6, 6.07) is 21.3. The fraction of sp³-hybridized carbons (Fsp3) is 0.107. The Morgan fingerprint density at radius 3 is 2.45 bits per heavy atom. The maximum Gasteiger partial charge on any atom is 0.471 e. The number of aromatic carboxylic acids is 1. The molecule has 0 saturated carbocycles. The zero-order valence-corrected chi connectivity index (χ0v) is 20.0. The largest absolute Gasteiger partial charge is 0.478 e. The van der Waals surface area contributed by atoms with E-state index in [0.29, 0.717) is 12.3 Å². The van der Waals surface area contributed by atoms with Gasteiger partial charge in [-0.1, -0.05) is 30.3 Å². The summed E-state index contributed by atoms with van der Waals surface area (Å²) >= 11 is 0. The molecule has 0 aliphatic rings. The molecule has 4 rings (SSSR count). The van der Waals surface area contributed by atoms with Gasteiger partial charge in [-0.3, -0.25) is 4.79 Å². The van der Waals surface area contributed by atoms with Crippen molar-refractivity contribution in [3.8, 4) is 34.0 Å². The number of alkyl halides is 3. The van der Waals surface area contributed by atoms with Gasteiger partial charge in [0.1, 0.15) is 5.75 Å². The van der Waals surface area contributed by atoms with E-state index in [2.05, 4.69) is 4.98 Å². The van der Waals surface area contributed by atoms with Crippen LogP contribution < -0.4 is 15.8 Å². The number of aromatic nitrogens is 1. The molecule has 10 heteroatoms. The number of carbonyl (C=O) groups excluding carboxylic acids is 1. The number of benzene rings is 3. The van der Waals surface area contributed by atoms with Crippen molar-refractivity contribution in [2.45, 2.75) is 19.6 Å². The Hall–Kier alpha value is -4.70. The first-order valence-corrected chi connectivity index (χ1v) is 11.4. The number of carbonyl (C=O) groups is 2. The molecule has 4 aromatic rings. The molecule has 0 aliphatic heterocycles. The van der Waals surface area contributed by atoms with Crippen LogP contribution in [0.1, 0.15) is 21.5 Å². The van der Waals surface area contributed by atoms with E-state index in [0.717, 1.165) is 40.5 Å². The van der Waals surface area contributed by atoms with Gasteiger partial charge in [0.15, 0.2) is 0 Å². The van der Waals surface area contributed by atoms with Crippen molar-refractivity contribution in [3.05, 3.63) is 95.6 Å². The maximum atomic E-state index is 12.7. The normalized spacial score (nSPS) is 11.2. The minimum Gasteiger partial charge on any atom is -0.478 e. The molecule has 0 radical (unpaired) electrons. The summed E-state index contributed by atoms with van der Waals surface area (Å²) in [5, 5.41) is 11.3. The molecule has 3 aromatic carbocycles. The van der Waals surface area contributed by atoms with E-state index < -0.39 is 18.1 Å². The lowest BCUT2D eigenvalue weighted by molar-refractivity contribution is -0.167. The van der Waals surface area contributed by atoms with Crippen molar-refractivity contribution >= 4 is 17.6 Å². The second-order valence-electron chi connectivity index (χ2n) is 8.42. The van der Waals surface area contributed by atoms with Crippen LogP contribution in [0.5, 0.6) is 11.6 Å². The van der Waals surface area contributed by atoms with Gasteiger partial charge in [0.05, 0.1) is 11.3 Å². The fourth-order valence-electron chi connectivity index (χ4n) is 3.82. The molecule has 1 aromatic heterocycles. The van der Waals surface area contributed by atoms with Crippen LogP contribution in [0.3, 0.4) is 0 Å². The molecule has 0 aliphatic carbocycles. The lowest BCUT2D eigenvalue weighted by Gasteiger charge is -2.13. The Kier molecular flexibility index (Phi) is 7.45. The molecule has 0 spiro atoms. The van der Waals surface area contributed by atoms with Gasteiger partial charge >= 0.3 is 18.1 Å². The third-order valence-electron chi connectivity index (χ3n) is 5.53. The van der Waals surface area contributed by atoms with Crippen LogP contribution in [0.25, 0.3) is 22.4 Å². The lowest BCUT2D eigenvalue weighted by Crippen LogP contribution is -2.29. The number of rotatable bonds is 7. The van der Waals surface area contributed by atoms with E-state index in [1.165, 1.54) is 6.07 Å². The van der Waals surface area contributed by atoms with Gasteiger partial charge in [-0.15, -0.1) is 0 Å². The van der Waals surface area contributed by atoms with Gasteiger partial charge in [0, 0.05) is 23.9 Å². The lowest BCUT2D eigenvalue weighted by atomic mass is 10.0. The standard InChI is InChI=1S/C28H22F3N3O4/c1-16-10-19(18-5-2-4-17(12-18)15-32)13-21(11-16)38-25-7-3-6-24(34-25)23-14-20(8-9-22(23)26(35)36)33-27(37)28(29,30)31/h2-14H,15,32H2,1H3,(H,33,37)(H,35,36). The Labute approximate surface area is 215 Å². The highest BCUT2D eigenvalue weighted by Gasteiger charge is 2.38. The smallest absolute Gasteiger partial charge is 0.471 e. The van der Waals surface area contributed by atoms with Crippen molar-refractivity contribution in [2.24, 2.45) is 5.73 Å². The van der Waals surface area contributed by atoms with Crippen molar-refractivity contribution in [1.29, 1.82) is 0 Å². The predicted octanol–water partition coefficient (Wildman–Crippen LogP) is 6.17. The number of aryl methyl sites for hydroxylation is 1. The monoisotopic (exact) mass is 521 g/mol. The molecule has 194 valence electrons. The number of carboxylic acid groups (broad SMARTS) is 1. The topological polar surface area (TPSA) is 115 Å². The molecule has 4 N–H and O–H groups in total. The molecule has 1 heterocycles. The second kappa shape index (κ2) is 10.7. The van der Waals surface area contributed by atoms with E-state index in [1.807, 2.05) is 43.3 Å². The van der Waals surface area contributed by atoms with Crippen molar-refractivity contribution in [2.75, 3.05) is 5.32 Å². The number of pyridine rings is 1. The minimum atomic E-state index is -5.10. The molecule has 0 unspecified atom stereocenters. The van der Waals surface area contributed by atoms with Crippen LogP contribution in [0, 0.1) is 6.92 Å². The molecule has 1 amide bonds. The number of anilines is 1. The van der Waals surface area contributed by atoms with Crippen LogP contribution >= 0.6 is 0 Å². The Bertz CT molecular complexity index is 1520. The maximum absolute atomic E-state index is 12.7. The summed E-state index contributed by atoms with van der Waals surface area (Å²) in [4.78, 5) is 27.5. The summed E-state index contributed by atoms with van der Waals surface area (Å²) in [5.41, 5.74) is 9.20.